The highest BCUT2D eigenvalue weighted by Crippen LogP contribution is 2.16. The van der Waals surface area contributed by atoms with Gasteiger partial charge in [-0.25, -0.2) is 0 Å². The minimum Gasteiger partial charge on any atom is -0.392 e. The van der Waals surface area contributed by atoms with Crippen LogP contribution in [-0.4, -0.2) is 9.56 Å². The second-order valence-corrected chi connectivity index (χ2v) is 6.07. The lowest BCUT2D eigenvalue weighted by Crippen LogP contribution is -2.25. The van der Waals surface area contributed by atoms with Gasteiger partial charge in [-0.3, -0.25) is 4.79 Å². The van der Waals surface area contributed by atoms with E-state index in [4.69, 9.17) is 18.0 Å². The first-order chi connectivity index (χ1) is 10.5. The normalized spacial score (nSPS) is 11.2. The molecule has 4 heteroatoms. The smallest absolute Gasteiger partial charge is 0.251 e. The third-order valence-corrected chi connectivity index (χ3v) is 3.55. The van der Waals surface area contributed by atoms with E-state index in [0.29, 0.717) is 10.9 Å². The van der Waals surface area contributed by atoms with Crippen molar-refractivity contribution in [1.29, 1.82) is 0 Å². The lowest BCUT2D eigenvalue weighted by Gasteiger charge is -2.05. The molecule has 0 fully saturated rings. The van der Waals surface area contributed by atoms with E-state index in [1.165, 1.54) is 10.1 Å². The largest absolute Gasteiger partial charge is 0.392 e. The molecule has 2 aromatic rings. The zero-order valence-corrected chi connectivity index (χ0v) is 13.6. The van der Waals surface area contributed by atoms with Crippen LogP contribution in [0.25, 0.3) is 12.2 Å². The van der Waals surface area contributed by atoms with Crippen LogP contribution in [0.4, 0.5) is 0 Å². The molecule has 0 amide bonds. The molecule has 0 atom stereocenters. The van der Waals surface area contributed by atoms with Crippen LogP contribution in [0.1, 0.15) is 36.5 Å². The minimum absolute atomic E-state index is 0.106. The fraction of sp³-hybridized carbons (Fsp3) is 0.222. The molecule has 0 saturated heterocycles. The summed E-state index contributed by atoms with van der Waals surface area (Å²) < 4.78 is 1.50. The Labute approximate surface area is 136 Å². The van der Waals surface area contributed by atoms with Gasteiger partial charge in [0, 0.05) is 12.3 Å². The van der Waals surface area contributed by atoms with Gasteiger partial charge in [-0.1, -0.05) is 62.5 Å². The highest BCUT2D eigenvalue weighted by molar-refractivity contribution is 7.80. The van der Waals surface area contributed by atoms with Gasteiger partial charge >= 0.3 is 0 Å². The van der Waals surface area contributed by atoms with Gasteiger partial charge in [0.2, 0.25) is 0 Å². The molecule has 0 aliphatic rings. The second-order valence-electron chi connectivity index (χ2n) is 5.55. The Hall–Kier alpha value is -2.20. The molecule has 0 radical (unpaired) electrons. The SMILES string of the molecule is CC(C)c1ccc(/C=C/c2ccn(CC(N)=S)c(=O)c2)cc1. The molecule has 114 valence electrons. The zero-order valence-electron chi connectivity index (χ0n) is 12.8. The highest BCUT2D eigenvalue weighted by Gasteiger charge is 1.99. The van der Waals surface area contributed by atoms with Crippen LogP contribution in [0.3, 0.4) is 0 Å². The first-order valence-corrected chi connectivity index (χ1v) is 7.63. The van der Waals surface area contributed by atoms with Crippen molar-refractivity contribution in [3.63, 3.8) is 0 Å². The molecule has 0 aliphatic carbocycles. The van der Waals surface area contributed by atoms with Gasteiger partial charge in [-0.2, -0.15) is 0 Å². The quantitative estimate of drug-likeness (QED) is 0.861. The molecule has 0 saturated carbocycles. The van der Waals surface area contributed by atoms with Crippen molar-refractivity contribution in [3.8, 4) is 0 Å². The van der Waals surface area contributed by atoms with E-state index in [0.717, 1.165) is 11.1 Å². The third kappa shape index (κ3) is 4.40. The molecule has 0 bridgehead atoms. The van der Waals surface area contributed by atoms with Gasteiger partial charge in [-0.15, -0.1) is 0 Å². The number of thiocarbonyl (C=S) groups is 1. The fourth-order valence-electron chi connectivity index (χ4n) is 2.11. The number of benzene rings is 1. The third-order valence-electron chi connectivity index (χ3n) is 3.42. The average Bonchev–Trinajstić information content (AvgIpc) is 2.47. The predicted molar refractivity (Wildman–Crippen MR) is 96.9 cm³/mol. The van der Waals surface area contributed by atoms with Crippen LogP contribution in [0.5, 0.6) is 0 Å². The van der Waals surface area contributed by atoms with Gasteiger partial charge in [0.1, 0.15) is 0 Å². The first-order valence-electron chi connectivity index (χ1n) is 7.22. The van der Waals surface area contributed by atoms with Crippen molar-refractivity contribution >= 4 is 29.4 Å². The molecule has 0 unspecified atom stereocenters. The maximum absolute atomic E-state index is 11.9. The van der Waals surface area contributed by atoms with Gasteiger partial charge in [0.05, 0.1) is 11.5 Å². The number of rotatable bonds is 5. The van der Waals surface area contributed by atoms with Gasteiger partial charge in [0.15, 0.2) is 0 Å². The number of nitrogens with zero attached hydrogens (tertiary/aromatic N) is 1. The van der Waals surface area contributed by atoms with E-state index in [1.807, 2.05) is 18.2 Å². The van der Waals surface area contributed by atoms with Gasteiger partial charge < -0.3 is 10.3 Å². The summed E-state index contributed by atoms with van der Waals surface area (Å²) in [6.45, 7) is 4.62. The van der Waals surface area contributed by atoms with Gasteiger partial charge in [0.25, 0.3) is 5.56 Å². The molecule has 1 heterocycles. The van der Waals surface area contributed by atoms with Crippen molar-refractivity contribution < 1.29 is 0 Å². The summed E-state index contributed by atoms with van der Waals surface area (Å²) in [5, 5.41) is 0. The standard InChI is InChI=1S/C18H20N2OS/c1-13(2)16-7-5-14(6-8-16)3-4-15-9-10-20(12-17(19)22)18(21)11-15/h3-11,13H,12H2,1-2H3,(H2,19,22)/b4-3+. The maximum atomic E-state index is 11.9. The topological polar surface area (TPSA) is 48.0 Å². The molecule has 1 aromatic carbocycles. The van der Waals surface area contributed by atoms with Crippen LogP contribution in [0.2, 0.25) is 0 Å². The van der Waals surface area contributed by atoms with E-state index < -0.39 is 0 Å². The Balaban J connectivity index is 2.14. The Morgan fingerprint density at radius 2 is 1.82 bits per heavy atom. The Bertz CT molecular complexity index is 742. The molecular weight excluding hydrogens is 292 g/mol. The molecule has 3 nitrogen and oxygen atoms in total. The van der Waals surface area contributed by atoms with Crippen LogP contribution >= 0.6 is 12.2 Å². The Morgan fingerprint density at radius 3 is 2.36 bits per heavy atom. The lowest BCUT2D eigenvalue weighted by atomic mass is 10.0. The van der Waals surface area contributed by atoms with E-state index in [1.54, 1.807) is 12.3 Å². The van der Waals surface area contributed by atoms with E-state index in [-0.39, 0.29) is 12.1 Å². The van der Waals surface area contributed by atoms with Crippen molar-refractivity contribution in [1.82, 2.24) is 4.57 Å². The van der Waals surface area contributed by atoms with Gasteiger partial charge in [-0.05, 0) is 28.7 Å². The zero-order chi connectivity index (χ0) is 16.1. The molecule has 0 aliphatic heterocycles. The lowest BCUT2D eigenvalue weighted by molar-refractivity contribution is 0.807. The summed E-state index contributed by atoms with van der Waals surface area (Å²) in [7, 11) is 0. The summed E-state index contributed by atoms with van der Waals surface area (Å²) in [6, 6.07) is 11.9. The maximum Gasteiger partial charge on any atom is 0.251 e. The number of nitrogens with two attached hydrogens (primary N) is 1. The average molecular weight is 312 g/mol. The van der Waals surface area contributed by atoms with Crippen LogP contribution in [-0.2, 0) is 6.54 Å². The molecule has 2 rings (SSSR count). The molecule has 22 heavy (non-hydrogen) atoms. The monoisotopic (exact) mass is 312 g/mol. The number of aromatic nitrogens is 1. The predicted octanol–water partition coefficient (Wildman–Crippen LogP) is 3.43. The van der Waals surface area contributed by atoms with Crippen LogP contribution in [0.15, 0.2) is 47.4 Å². The van der Waals surface area contributed by atoms with E-state index >= 15 is 0 Å². The summed E-state index contributed by atoms with van der Waals surface area (Å²) in [4.78, 5) is 12.2. The molecule has 1 aromatic heterocycles. The van der Waals surface area contributed by atoms with Crippen molar-refractivity contribution in [2.24, 2.45) is 5.73 Å². The number of hydrogen-bond acceptors (Lipinski definition) is 2. The first kappa shape index (κ1) is 16.2. The Kier molecular flexibility index (Phi) is 5.28. The Morgan fingerprint density at radius 1 is 1.18 bits per heavy atom. The summed E-state index contributed by atoms with van der Waals surface area (Å²) >= 11 is 4.82. The van der Waals surface area contributed by atoms with E-state index in [2.05, 4.69) is 38.1 Å². The molecule has 2 N–H and O–H groups in total. The highest BCUT2D eigenvalue weighted by atomic mass is 32.1. The van der Waals surface area contributed by atoms with Crippen molar-refractivity contribution in [3.05, 3.63) is 69.6 Å². The second kappa shape index (κ2) is 7.18. The number of hydrogen-bond donors (Lipinski definition) is 1. The molecular formula is C18H20N2OS. The van der Waals surface area contributed by atoms with Crippen LogP contribution in [0, 0.1) is 0 Å². The molecule has 0 spiro atoms. The fourth-order valence-corrected chi connectivity index (χ4v) is 2.25. The minimum atomic E-state index is -0.106. The van der Waals surface area contributed by atoms with Crippen molar-refractivity contribution in [2.75, 3.05) is 0 Å². The van der Waals surface area contributed by atoms with Crippen molar-refractivity contribution in [2.45, 2.75) is 26.3 Å². The van der Waals surface area contributed by atoms with Crippen LogP contribution < -0.4 is 11.3 Å². The summed E-state index contributed by atoms with van der Waals surface area (Å²) in [6.07, 6.45) is 5.64. The summed E-state index contributed by atoms with van der Waals surface area (Å²) in [5.41, 5.74) is 8.63. The van der Waals surface area contributed by atoms with E-state index in [9.17, 15) is 4.79 Å². The number of pyridine rings is 1. The summed E-state index contributed by atoms with van der Waals surface area (Å²) in [5.74, 6) is 0.527.